The molecule has 3 aromatic heterocycles. The number of rotatable bonds is 6. The number of fused-ring (bicyclic) bond motifs is 1. The van der Waals surface area contributed by atoms with Gasteiger partial charge in [-0.3, -0.25) is 9.69 Å². The van der Waals surface area contributed by atoms with Crippen molar-refractivity contribution < 1.29 is 9.53 Å². The summed E-state index contributed by atoms with van der Waals surface area (Å²) in [6.07, 6.45) is 7.30. The van der Waals surface area contributed by atoms with Gasteiger partial charge in [-0.15, -0.1) is 0 Å². The van der Waals surface area contributed by atoms with Gasteiger partial charge in [0.05, 0.1) is 12.5 Å². The van der Waals surface area contributed by atoms with Crippen LogP contribution in [0.4, 0.5) is 5.69 Å². The first-order valence-corrected chi connectivity index (χ1v) is 10.9. The van der Waals surface area contributed by atoms with Gasteiger partial charge in [-0.05, 0) is 12.1 Å². The summed E-state index contributed by atoms with van der Waals surface area (Å²) in [5.74, 6) is 0. The average molecular weight is 464 g/mol. The SMILES string of the molecule is COc1ncc(-c2ccccc2N2CCN(C(C=O)n3ccc4c(Cl)ncnc43)CC2)cn1. The second-order valence-electron chi connectivity index (χ2n) is 7.67. The topological polar surface area (TPSA) is 89.3 Å². The molecule has 168 valence electrons. The van der Waals surface area contributed by atoms with Crippen molar-refractivity contribution in [2.75, 3.05) is 38.2 Å². The van der Waals surface area contributed by atoms with Crippen LogP contribution in [-0.4, -0.2) is 69.0 Å². The van der Waals surface area contributed by atoms with E-state index in [4.69, 9.17) is 16.3 Å². The maximum absolute atomic E-state index is 12.1. The Morgan fingerprint density at radius 3 is 2.52 bits per heavy atom. The lowest BCUT2D eigenvalue weighted by Gasteiger charge is -2.39. The molecule has 4 heterocycles. The first-order valence-electron chi connectivity index (χ1n) is 10.6. The van der Waals surface area contributed by atoms with Crippen LogP contribution in [0, 0.1) is 0 Å². The van der Waals surface area contributed by atoms with Gasteiger partial charge in [0.2, 0.25) is 0 Å². The van der Waals surface area contributed by atoms with E-state index in [0.29, 0.717) is 16.8 Å². The molecule has 0 saturated carbocycles. The van der Waals surface area contributed by atoms with E-state index in [1.54, 1.807) is 19.5 Å². The highest BCUT2D eigenvalue weighted by Gasteiger charge is 2.27. The number of aldehydes is 1. The second kappa shape index (κ2) is 9.13. The van der Waals surface area contributed by atoms with Gasteiger partial charge in [-0.1, -0.05) is 29.8 Å². The number of nitrogens with zero attached hydrogens (tertiary/aromatic N) is 7. The third-order valence-corrected chi connectivity index (χ3v) is 6.22. The molecule has 1 aliphatic heterocycles. The highest BCUT2D eigenvalue weighted by Crippen LogP contribution is 2.32. The Kier molecular flexibility index (Phi) is 5.89. The van der Waals surface area contributed by atoms with E-state index in [1.165, 1.54) is 6.33 Å². The lowest BCUT2D eigenvalue weighted by Crippen LogP contribution is -2.49. The van der Waals surface area contributed by atoms with Crippen molar-refractivity contribution in [2.24, 2.45) is 0 Å². The van der Waals surface area contributed by atoms with Crippen LogP contribution in [0.1, 0.15) is 6.17 Å². The van der Waals surface area contributed by atoms with E-state index >= 15 is 0 Å². The zero-order valence-electron chi connectivity index (χ0n) is 18.0. The molecule has 1 saturated heterocycles. The largest absolute Gasteiger partial charge is 0.467 e. The molecule has 1 aliphatic rings. The van der Waals surface area contributed by atoms with Crippen LogP contribution < -0.4 is 9.64 Å². The van der Waals surface area contributed by atoms with Gasteiger partial charge in [0.25, 0.3) is 0 Å². The number of halogens is 1. The number of hydrogen-bond acceptors (Lipinski definition) is 8. The second-order valence-corrected chi connectivity index (χ2v) is 8.03. The summed E-state index contributed by atoms with van der Waals surface area (Å²) < 4.78 is 6.93. The van der Waals surface area contributed by atoms with Crippen molar-refractivity contribution in [1.82, 2.24) is 29.4 Å². The van der Waals surface area contributed by atoms with Gasteiger partial charge >= 0.3 is 6.01 Å². The first-order chi connectivity index (χ1) is 16.2. The van der Waals surface area contributed by atoms with Crippen LogP contribution in [0.5, 0.6) is 6.01 Å². The molecule has 4 aromatic rings. The van der Waals surface area contributed by atoms with Gasteiger partial charge in [0.15, 0.2) is 6.29 Å². The van der Waals surface area contributed by atoms with Crippen LogP contribution in [0.15, 0.2) is 55.2 Å². The molecular weight excluding hydrogens is 442 g/mol. The lowest BCUT2D eigenvalue weighted by atomic mass is 10.1. The Bertz CT molecular complexity index is 1270. The number of carbonyl (C=O) groups is 1. The summed E-state index contributed by atoms with van der Waals surface area (Å²) in [6.45, 7) is 2.98. The number of benzene rings is 1. The van der Waals surface area contributed by atoms with Crippen molar-refractivity contribution in [3.63, 3.8) is 0 Å². The molecule has 0 radical (unpaired) electrons. The van der Waals surface area contributed by atoms with Crippen LogP contribution >= 0.6 is 11.6 Å². The molecule has 9 nitrogen and oxygen atoms in total. The molecular formula is C23H22ClN7O2. The molecule has 0 spiro atoms. The summed E-state index contributed by atoms with van der Waals surface area (Å²) in [7, 11) is 1.55. The smallest absolute Gasteiger partial charge is 0.316 e. The first kappa shape index (κ1) is 21.3. The van der Waals surface area contributed by atoms with E-state index in [2.05, 4.69) is 41.9 Å². The number of piperazine rings is 1. The zero-order valence-corrected chi connectivity index (χ0v) is 18.8. The number of anilines is 1. The van der Waals surface area contributed by atoms with Crippen molar-refractivity contribution >= 4 is 34.6 Å². The standard InChI is InChI=1S/C23H22ClN7O2/c1-33-23-25-12-16(13-26-23)17-4-2-3-5-19(17)29-8-10-30(11-9-29)20(14-32)31-7-6-18-21(24)27-15-28-22(18)31/h2-7,12-15,20H,8-11H2,1H3. The number of aromatic nitrogens is 5. The normalized spacial score (nSPS) is 15.5. The van der Waals surface area contributed by atoms with Gasteiger partial charge < -0.3 is 14.2 Å². The minimum atomic E-state index is -0.458. The van der Waals surface area contributed by atoms with Crippen molar-refractivity contribution in [1.29, 1.82) is 0 Å². The van der Waals surface area contributed by atoms with Gasteiger partial charge in [0.1, 0.15) is 23.3 Å². The number of ether oxygens (including phenoxy) is 1. The Morgan fingerprint density at radius 2 is 1.79 bits per heavy atom. The summed E-state index contributed by atoms with van der Waals surface area (Å²) >= 11 is 6.18. The minimum absolute atomic E-state index is 0.342. The quantitative estimate of drug-likeness (QED) is 0.318. The fraction of sp³-hybridized carbons (Fsp3) is 0.261. The number of methoxy groups -OCH3 is 1. The van der Waals surface area contributed by atoms with E-state index in [9.17, 15) is 4.79 Å². The van der Waals surface area contributed by atoms with Crippen LogP contribution in [0.2, 0.25) is 5.15 Å². The number of hydrogen-bond donors (Lipinski definition) is 0. The monoisotopic (exact) mass is 463 g/mol. The van der Waals surface area contributed by atoms with Crippen LogP contribution in [0.25, 0.3) is 22.2 Å². The van der Waals surface area contributed by atoms with Gasteiger partial charge in [0, 0.05) is 61.6 Å². The summed E-state index contributed by atoms with van der Waals surface area (Å²) in [6, 6.07) is 10.4. The lowest BCUT2D eigenvalue weighted by molar-refractivity contribution is -0.115. The molecule has 0 amide bonds. The number of carbonyl (C=O) groups excluding carboxylic acids is 1. The minimum Gasteiger partial charge on any atom is -0.467 e. The predicted molar refractivity (Wildman–Crippen MR) is 125 cm³/mol. The molecule has 1 aromatic carbocycles. The zero-order chi connectivity index (χ0) is 22.8. The highest BCUT2D eigenvalue weighted by molar-refractivity contribution is 6.33. The van der Waals surface area contributed by atoms with E-state index < -0.39 is 6.17 Å². The predicted octanol–water partition coefficient (Wildman–Crippen LogP) is 3.07. The Morgan fingerprint density at radius 1 is 1.03 bits per heavy atom. The molecule has 33 heavy (non-hydrogen) atoms. The number of para-hydroxylation sites is 1. The van der Waals surface area contributed by atoms with Crippen molar-refractivity contribution in [2.45, 2.75) is 6.17 Å². The molecule has 0 N–H and O–H groups in total. The van der Waals surface area contributed by atoms with E-state index in [1.807, 2.05) is 29.0 Å². The summed E-state index contributed by atoms with van der Waals surface area (Å²) in [5, 5.41) is 1.12. The maximum Gasteiger partial charge on any atom is 0.316 e. The Balaban J connectivity index is 1.36. The highest BCUT2D eigenvalue weighted by atomic mass is 35.5. The Hall–Kier alpha value is -3.56. The fourth-order valence-electron chi connectivity index (χ4n) is 4.26. The van der Waals surface area contributed by atoms with Crippen LogP contribution in [0.3, 0.4) is 0 Å². The van der Waals surface area contributed by atoms with Crippen LogP contribution in [-0.2, 0) is 4.79 Å². The van der Waals surface area contributed by atoms with E-state index in [0.717, 1.165) is 54.7 Å². The fourth-order valence-corrected chi connectivity index (χ4v) is 4.45. The van der Waals surface area contributed by atoms with E-state index in [-0.39, 0.29) is 0 Å². The third-order valence-electron chi connectivity index (χ3n) is 5.92. The molecule has 1 atom stereocenters. The molecule has 5 rings (SSSR count). The molecule has 0 aliphatic carbocycles. The molecule has 1 fully saturated rings. The average Bonchev–Trinajstić information content (AvgIpc) is 3.30. The summed E-state index contributed by atoms with van der Waals surface area (Å²) in [4.78, 5) is 33.4. The van der Waals surface area contributed by atoms with Crippen molar-refractivity contribution in [3.8, 4) is 17.1 Å². The van der Waals surface area contributed by atoms with Crippen molar-refractivity contribution in [3.05, 3.63) is 60.4 Å². The summed E-state index contributed by atoms with van der Waals surface area (Å²) in [5.41, 5.74) is 3.75. The molecule has 1 unspecified atom stereocenters. The third kappa shape index (κ3) is 4.01. The maximum atomic E-state index is 12.1. The van der Waals surface area contributed by atoms with Gasteiger partial charge in [-0.25, -0.2) is 19.9 Å². The Labute approximate surface area is 195 Å². The van der Waals surface area contributed by atoms with Gasteiger partial charge in [-0.2, -0.15) is 0 Å². The molecule has 0 bridgehead atoms. The molecule has 10 heteroatoms.